The summed E-state index contributed by atoms with van der Waals surface area (Å²) in [6.45, 7) is 8.90. The molecule has 0 saturated carbocycles. The second-order valence-electron chi connectivity index (χ2n) is 5.11. The van der Waals surface area contributed by atoms with E-state index in [2.05, 4.69) is 13.8 Å². The van der Waals surface area contributed by atoms with Crippen molar-refractivity contribution in [2.75, 3.05) is 6.61 Å². The predicted octanol–water partition coefficient (Wildman–Crippen LogP) is 3.42. The van der Waals surface area contributed by atoms with Gasteiger partial charge in [-0.1, -0.05) is 39.8 Å². The van der Waals surface area contributed by atoms with Gasteiger partial charge >= 0.3 is 5.97 Å². The number of rotatable bonds is 6. The van der Waals surface area contributed by atoms with Crippen LogP contribution in [0.1, 0.15) is 33.3 Å². The zero-order valence-corrected chi connectivity index (χ0v) is 11.6. The summed E-state index contributed by atoms with van der Waals surface area (Å²) in [5.41, 5.74) is 0.973. The Morgan fingerprint density at radius 2 is 1.72 bits per heavy atom. The Morgan fingerprint density at radius 3 is 2.22 bits per heavy atom. The van der Waals surface area contributed by atoms with Crippen LogP contribution in [0.4, 0.5) is 0 Å². The molecule has 18 heavy (non-hydrogen) atoms. The molecule has 3 heteroatoms. The molecule has 0 aliphatic rings. The summed E-state index contributed by atoms with van der Waals surface area (Å²) in [4.78, 5) is 11.3. The van der Waals surface area contributed by atoms with Crippen LogP contribution >= 0.6 is 0 Å². The van der Waals surface area contributed by atoms with Gasteiger partial charge in [0.15, 0.2) is 0 Å². The largest absolute Gasteiger partial charge is 0.493 e. The number of hydrogen-bond donors (Lipinski definition) is 0. The molecule has 0 unspecified atom stereocenters. The lowest BCUT2D eigenvalue weighted by Gasteiger charge is -2.10. The SMILES string of the molecule is CC(C)COc1ccc(COC(=O)C(C)C)cc1. The molecule has 0 atom stereocenters. The smallest absolute Gasteiger partial charge is 0.308 e. The van der Waals surface area contributed by atoms with Gasteiger partial charge in [0.2, 0.25) is 0 Å². The second kappa shape index (κ2) is 7.04. The van der Waals surface area contributed by atoms with E-state index in [1.54, 1.807) is 0 Å². The van der Waals surface area contributed by atoms with Gasteiger partial charge in [-0.25, -0.2) is 0 Å². The molecule has 0 bridgehead atoms. The quantitative estimate of drug-likeness (QED) is 0.726. The maximum Gasteiger partial charge on any atom is 0.308 e. The monoisotopic (exact) mass is 250 g/mol. The maximum atomic E-state index is 11.3. The van der Waals surface area contributed by atoms with E-state index in [1.165, 1.54) is 0 Å². The molecule has 0 aliphatic heterocycles. The van der Waals surface area contributed by atoms with Gasteiger partial charge < -0.3 is 9.47 Å². The first-order valence-electron chi connectivity index (χ1n) is 6.37. The Kier molecular flexibility index (Phi) is 5.69. The van der Waals surface area contributed by atoms with E-state index in [9.17, 15) is 4.79 Å². The fraction of sp³-hybridized carbons (Fsp3) is 0.533. The summed E-state index contributed by atoms with van der Waals surface area (Å²) >= 11 is 0. The molecule has 0 N–H and O–H groups in total. The molecule has 0 spiro atoms. The van der Waals surface area contributed by atoms with E-state index in [-0.39, 0.29) is 11.9 Å². The summed E-state index contributed by atoms with van der Waals surface area (Å²) < 4.78 is 10.7. The topological polar surface area (TPSA) is 35.5 Å². The average molecular weight is 250 g/mol. The molecule has 0 radical (unpaired) electrons. The maximum absolute atomic E-state index is 11.3. The Bertz CT molecular complexity index is 366. The molecule has 0 saturated heterocycles. The lowest BCUT2D eigenvalue weighted by Crippen LogP contribution is -2.11. The molecule has 0 heterocycles. The Labute approximate surface area is 109 Å². The molecule has 1 rings (SSSR count). The summed E-state index contributed by atoms with van der Waals surface area (Å²) in [5, 5.41) is 0. The minimum absolute atomic E-state index is 0.0846. The van der Waals surface area contributed by atoms with Crippen LogP contribution < -0.4 is 4.74 Å². The van der Waals surface area contributed by atoms with Crippen molar-refractivity contribution in [1.29, 1.82) is 0 Å². The zero-order valence-electron chi connectivity index (χ0n) is 11.6. The van der Waals surface area contributed by atoms with Crippen molar-refractivity contribution in [3.05, 3.63) is 29.8 Å². The first-order valence-corrected chi connectivity index (χ1v) is 6.37. The first-order chi connectivity index (χ1) is 8.49. The Morgan fingerprint density at radius 1 is 1.11 bits per heavy atom. The van der Waals surface area contributed by atoms with Gasteiger partial charge in [-0.15, -0.1) is 0 Å². The van der Waals surface area contributed by atoms with Gasteiger partial charge in [0, 0.05) is 0 Å². The third kappa shape index (κ3) is 5.21. The number of esters is 1. The highest BCUT2D eigenvalue weighted by Crippen LogP contribution is 2.14. The van der Waals surface area contributed by atoms with Gasteiger partial charge in [-0.05, 0) is 23.6 Å². The third-order valence-electron chi connectivity index (χ3n) is 2.36. The second-order valence-corrected chi connectivity index (χ2v) is 5.11. The highest BCUT2D eigenvalue weighted by molar-refractivity contribution is 5.71. The van der Waals surface area contributed by atoms with Crippen molar-refractivity contribution in [3.63, 3.8) is 0 Å². The van der Waals surface area contributed by atoms with Crippen LogP contribution in [0.15, 0.2) is 24.3 Å². The van der Waals surface area contributed by atoms with E-state index >= 15 is 0 Å². The van der Waals surface area contributed by atoms with Crippen molar-refractivity contribution in [2.24, 2.45) is 11.8 Å². The summed E-state index contributed by atoms with van der Waals surface area (Å²) in [6.07, 6.45) is 0. The zero-order chi connectivity index (χ0) is 13.5. The number of carbonyl (C=O) groups is 1. The van der Waals surface area contributed by atoms with Crippen LogP contribution in [0.3, 0.4) is 0 Å². The predicted molar refractivity (Wildman–Crippen MR) is 71.4 cm³/mol. The molecule has 100 valence electrons. The van der Waals surface area contributed by atoms with Gasteiger partial charge in [-0.3, -0.25) is 4.79 Å². The van der Waals surface area contributed by atoms with E-state index in [0.29, 0.717) is 19.1 Å². The third-order valence-corrected chi connectivity index (χ3v) is 2.36. The summed E-state index contributed by atoms with van der Waals surface area (Å²) in [5.74, 6) is 1.10. The molecular formula is C15H22O3. The number of carbonyl (C=O) groups excluding carboxylic acids is 1. The molecule has 0 amide bonds. The summed E-state index contributed by atoms with van der Waals surface area (Å²) in [6, 6.07) is 7.65. The number of ether oxygens (including phenoxy) is 2. The minimum Gasteiger partial charge on any atom is -0.493 e. The number of hydrogen-bond acceptors (Lipinski definition) is 3. The fourth-order valence-electron chi connectivity index (χ4n) is 1.27. The van der Waals surface area contributed by atoms with Crippen LogP contribution in [-0.4, -0.2) is 12.6 Å². The van der Waals surface area contributed by atoms with Crippen molar-refractivity contribution < 1.29 is 14.3 Å². The van der Waals surface area contributed by atoms with Gasteiger partial charge in [0.1, 0.15) is 12.4 Å². The highest BCUT2D eigenvalue weighted by Gasteiger charge is 2.08. The van der Waals surface area contributed by atoms with Crippen molar-refractivity contribution >= 4 is 5.97 Å². The normalized spacial score (nSPS) is 10.8. The van der Waals surface area contributed by atoms with Crippen molar-refractivity contribution in [2.45, 2.75) is 34.3 Å². The standard InChI is InChI=1S/C15H22O3/c1-11(2)9-17-14-7-5-13(6-8-14)10-18-15(16)12(3)4/h5-8,11-12H,9-10H2,1-4H3. The van der Waals surface area contributed by atoms with Gasteiger partial charge in [0.05, 0.1) is 12.5 Å². The van der Waals surface area contributed by atoms with Crippen LogP contribution in [0, 0.1) is 11.8 Å². The molecule has 1 aromatic carbocycles. The molecule has 3 nitrogen and oxygen atoms in total. The average Bonchev–Trinajstić information content (AvgIpc) is 2.34. The van der Waals surface area contributed by atoms with Gasteiger partial charge in [0.25, 0.3) is 0 Å². The van der Waals surface area contributed by atoms with Gasteiger partial charge in [-0.2, -0.15) is 0 Å². The fourth-order valence-corrected chi connectivity index (χ4v) is 1.27. The van der Waals surface area contributed by atoms with E-state index in [1.807, 2.05) is 38.1 Å². The van der Waals surface area contributed by atoms with E-state index in [0.717, 1.165) is 11.3 Å². The van der Waals surface area contributed by atoms with E-state index in [4.69, 9.17) is 9.47 Å². The van der Waals surface area contributed by atoms with Crippen molar-refractivity contribution in [3.8, 4) is 5.75 Å². The molecule has 0 aromatic heterocycles. The summed E-state index contributed by atoms with van der Waals surface area (Å²) in [7, 11) is 0. The lowest BCUT2D eigenvalue weighted by molar-refractivity contribution is -0.148. The molecule has 0 aliphatic carbocycles. The van der Waals surface area contributed by atoms with Crippen molar-refractivity contribution in [1.82, 2.24) is 0 Å². The van der Waals surface area contributed by atoms with Crippen LogP contribution in [0.25, 0.3) is 0 Å². The van der Waals surface area contributed by atoms with Crippen LogP contribution in [0.2, 0.25) is 0 Å². The highest BCUT2D eigenvalue weighted by atomic mass is 16.5. The van der Waals surface area contributed by atoms with Crippen LogP contribution in [-0.2, 0) is 16.1 Å². The first kappa shape index (κ1) is 14.6. The lowest BCUT2D eigenvalue weighted by atomic mass is 10.2. The number of benzene rings is 1. The molecular weight excluding hydrogens is 228 g/mol. The minimum atomic E-state index is -0.171. The Balaban J connectivity index is 2.43. The van der Waals surface area contributed by atoms with Crippen LogP contribution in [0.5, 0.6) is 5.75 Å². The Hall–Kier alpha value is -1.51. The molecule has 0 fully saturated rings. The van der Waals surface area contributed by atoms with E-state index < -0.39 is 0 Å². The molecule has 1 aromatic rings.